The third-order valence-electron chi connectivity index (χ3n) is 2.77. The summed E-state index contributed by atoms with van der Waals surface area (Å²) in [5.41, 5.74) is 1.32. The molecule has 0 aromatic heterocycles. The van der Waals surface area contributed by atoms with Gasteiger partial charge in [0, 0.05) is 13.2 Å². The van der Waals surface area contributed by atoms with E-state index in [1.807, 2.05) is 18.2 Å². The number of aliphatic hydroxyl groups excluding tert-OH is 1. The van der Waals surface area contributed by atoms with Crippen molar-refractivity contribution in [2.75, 3.05) is 26.3 Å². The zero-order chi connectivity index (χ0) is 13.1. The van der Waals surface area contributed by atoms with Crippen molar-refractivity contribution in [2.45, 2.75) is 32.3 Å². The number of hydrogen-bond donors (Lipinski definition) is 2. The molecule has 0 aliphatic rings. The molecule has 0 aliphatic heterocycles. The van der Waals surface area contributed by atoms with E-state index in [4.69, 9.17) is 4.74 Å². The molecule has 0 radical (unpaired) electrons. The molecule has 0 bridgehead atoms. The van der Waals surface area contributed by atoms with Gasteiger partial charge in [0.25, 0.3) is 0 Å². The van der Waals surface area contributed by atoms with Gasteiger partial charge in [0.1, 0.15) is 0 Å². The molecule has 0 fully saturated rings. The maximum Gasteiger partial charge on any atom is 0.0897 e. The number of hydrogen-bond acceptors (Lipinski definition) is 3. The average molecular weight is 251 g/mol. The number of aliphatic hydroxyl groups is 1. The van der Waals surface area contributed by atoms with Gasteiger partial charge in [-0.05, 0) is 24.9 Å². The van der Waals surface area contributed by atoms with E-state index in [1.165, 1.54) is 5.56 Å². The fourth-order valence-corrected chi connectivity index (χ4v) is 1.67. The Morgan fingerprint density at radius 1 is 1.28 bits per heavy atom. The topological polar surface area (TPSA) is 41.5 Å². The van der Waals surface area contributed by atoms with Crippen LogP contribution in [-0.2, 0) is 11.2 Å². The van der Waals surface area contributed by atoms with Gasteiger partial charge in [0.15, 0.2) is 0 Å². The van der Waals surface area contributed by atoms with Crippen LogP contribution in [0.25, 0.3) is 0 Å². The number of rotatable bonds is 10. The summed E-state index contributed by atoms with van der Waals surface area (Å²) in [6, 6.07) is 10.4. The lowest BCUT2D eigenvalue weighted by atomic mass is 10.1. The second kappa shape index (κ2) is 10.1. The summed E-state index contributed by atoms with van der Waals surface area (Å²) in [5.74, 6) is 0. The maximum absolute atomic E-state index is 9.66. The second-order valence-corrected chi connectivity index (χ2v) is 4.52. The van der Waals surface area contributed by atoms with Crippen molar-refractivity contribution in [2.24, 2.45) is 0 Å². The Kier molecular flexibility index (Phi) is 8.47. The molecule has 0 saturated carbocycles. The molecule has 102 valence electrons. The Morgan fingerprint density at radius 2 is 2.06 bits per heavy atom. The summed E-state index contributed by atoms with van der Waals surface area (Å²) in [4.78, 5) is 0. The molecule has 3 nitrogen and oxygen atoms in total. The van der Waals surface area contributed by atoms with Crippen LogP contribution in [-0.4, -0.2) is 37.5 Å². The Hall–Kier alpha value is -0.900. The van der Waals surface area contributed by atoms with Crippen LogP contribution >= 0.6 is 0 Å². The number of benzene rings is 1. The van der Waals surface area contributed by atoms with Crippen molar-refractivity contribution in [1.29, 1.82) is 0 Å². The zero-order valence-electron chi connectivity index (χ0n) is 11.3. The second-order valence-electron chi connectivity index (χ2n) is 4.52. The van der Waals surface area contributed by atoms with Gasteiger partial charge in [-0.15, -0.1) is 0 Å². The average Bonchev–Trinajstić information content (AvgIpc) is 2.41. The van der Waals surface area contributed by atoms with Gasteiger partial charge in [-0.25, -0.2) is 0 Å². The monoisotopic (exact) mass is 251 g/mol. The van der Waals surface area contributed by atoms with E-state index < -0.39 is 6.10 Å². The first kappa shape index (κ1) is 15.2. The van der Waals surface area contributed by atoms with Gasteiger partial charge < -0.3 is 15.2 Å². The van der Waals surface area contributed by atoms with Gasteiger partial charge in [0.05, 0.1) is 12.7 Å². The van der Waals surface area contributed by atoms with Gasteiger partial charge in [-0.1, -0.05) is 43.7 Å². The summed E-state index contributed by atoms with van der Waals surface area (Å²) in [5, 5.41) is 12.9. The molecule has 1 atom stereocenters. The summed E-state index contributed by atoms with van der Waals surface area (Å²) in [6.45, 7) is 4.79. The minimum Gasteiger partial charge on any atom is -0.389 e. The lowest BCUT2D eigenvalue weighted by molar-refractivity contribution is 0.0361. The zero-order valence-corrected chi connectivity index (χ0v) is 11.3. The molecule has 0 aliphatic carbocycles. The number of nitrogens with one attached hydrogen (secondary N) is 1. The third kappa shape index (κ3) is 7.43. The van der Waals surface area contributed by atoms with E-state index in [1.54, 1.807) is 0 Å². The van der Waals surface area contributed by atoms with Gasteiger partial charge in [0.2, 0.25) is 0 Å². The van der Waals surface area contributed by atoms with E-state index in [-0.39, 0.29) is 0 Å². The summed E-state index contributed by atoms with van der Waals surface area (Å²) >= 11 is 0. The Morgan fingerprint density at radius 3 is 2.78 bits per heavy atom. The third-order valence-corrected chi connectivity index (χ3v) is 2.77. The molecule has 1 unspecified atom stereocenters. The van der Waals surface area contributed by atoms with Crippen LogP contribution in [0.4, 0.5) is 0 Å². The van der Waals surface area contributed by atoms with Crippen LogP contribution in [0.1, 0.15) is 25.3 Å². The first-order valence-electron chi connectivity index (χ1n) is 6.83. The van der Waals surface area contributed by atoms with Crippen LogP contribution in [0.2, 0.25) is 0 Å². The smallest absolute Gasteiger partial charge is 0.0897 e. The van der Waals surface area contributed by atoms with Crippen molar-refractivity contribution >= 4 is 0 Å². The minimum atomic E-state index is -0.405. The normalized spacial score (nSPS) is 12.6. The van der Waals surface area contributed by atoms with Crippen LogP contribution in [0.15, 0.2) is 30.3 Å². The van der Waals surface area contributed by atoms with Crippen molar-refractivity contribution in [1.82, 2.24) is 5.32 Å². The van der Waals surface area contributed by atoms with E-state index in [2.05, 4.69) is 24.4 Å². The van der Waals surface area contributed by atoms with Crippen molar-refractivity contribution in [3.8, 4) is 0 Å². The lowest BCUT2D eigenvalue weighted by Gasteiger charge is -2.12. The molecule has 0 saturated heterocycles. The van der Waals surface area contributed by atoms with Crippen LogP contribution < -0.4 is 5.32 Å². The Balaban J connectivity index is 1.97. The molecule has 0 heterocycles. The van der Waals surface area contributed by atoms with Crippen molar-refractivity contribution < 1.29 is 9.84 Å². The predicted molar refractivity (Wildman–Crippen MR) is 74.7 cm³/mol. The summed E-state index contributed by atoms with van der Waals surface area (Å²) in [6.07, 6.45) is 2.78. The molecule has 1 aromatic rings. The highest BCUT2D eigenvalue weighted by atomic mass is 16.5. The fourth-order valence-electron chi connectivity index (χ4n) is 1.67. The number of unbranched alkanes of at least 4 members (excludes halogenated alkanes) is 1. The van der Waals surface area contributed by atoms with E-state index in [0.717, 1.165) is 32.4 Å². The number of ether oxygens (including phenoxy) is 1. The fraction of sp³-hybridized carbons (Fsp3) is 0.600. The van der Waals surface area contributed by atoms with Gasteiger partial charge >= 0.3 is 0 Å². The van der Waals surface area contributed by atoms with E-state index in [0.29, 0.717) is 13.2 Å². The van der Waals surface area contributed by atoms with Crippen LogP contribution in [0.3, 0.4) is 0 Å². The highest BCUT2D eigenvalue weighted by Crippen LogP contribution is 1.98. The highest BCUT2D eigenvalue weighted by Gasteiger charge is 2.03. The van der Waals surface area contributed by atoms with Crippen LogP contribution in [0, 0.1) is 0 Å². The van der Waals surface area contributed by atoms with Gasteiger partial charge in [-0.2, -0.15) is 0 Å². The Labute approximate surface area is 110 Å². The minimum absolute atomic E-state index is 0.405. The molecule has 3 heteroatoms. The van der Waals surface area contributed by atoms with E-state index >= 15 is 0 Å². The molecular formula is C15H25NO2. The molecule has 0 amide bonds. The van der Waals surface area contributed by atoms with Crippen LogP contribution in [0.5, 0.6) is 0 Å². The van der Waals surface area contributed by atoms with Crippen molar-refractivity contribution in [3.63, 3.8) is 0 Å². The first-order chi connectivity index (χ1) is 8.83. The quantitative estimate of drug-likeness (QED) is 0.625. The molecule has 1 aromatic carbocycles. The highest BCUT2D eigenvalue weighted by molar-refractivity contribution is 5.14. The largest absolute Gasteiger partial charge is 0.389 e. The SMILES string of the molecule is CCCCOCC(O)CNCCc1ccccc1. The standard InChI is InChI=1S/C15H25NO2/c1-2-3-11-18-13-15(17)12-16-10-9-14-7-5-4-6-8-14/h4-8,15-17H,2-3,9-13H2,1H3. The van der Waals surface area contributed by atoms with Gasteiger partial charge in [-0.3, -0.25) is 0 Å². The maximum atomic E-state index is 9.66. The van der Waals surface area contributed by atoms with E-state index in [9.17, 15) is 5.11 Å². The first-order valence-corrected chi connectivity index (χ1v) is 6.83. The summed E-state index contributed by atoms with van der Waals surface area (Å²) in [7, 11) is 0. The molecule has 0 spiro atoms. The Bertz CT molecular complexity index is 290. The molecule has 1 rings (SSSR count). The predicted octanol–water partition coefficient (Wildman–Crippen LogP) is 2.00. The molecular weight excluding hydrogens is 226 g/mol. The molecule has 18 heavy (non-hydrogen) atoms. The summed E-state index contributed by atoms with van der Waals surface area (Å²) < 4.78 is 5.36. The molecule has 2 N–H and O–H groups in total. The lowest BCUT2D eigenvalue weighted by Crippen LogP contribution is -2.31. The van der Waals surface area contributed by atoms with Crippen molar-refractivity contribution in [3.05, 3.63) is 35.9 Å².